The van der Waals surface area contributed by atoms with E-state index < -0.39 is 0 Å². The van der Waals surface area contributed by atoms with Crippen LogP contribution >= 0.6 is 0 Å². The van der Waals surface area contributed by atoms with Crippen molar-refractivity contribution in [3.8, 4) is 0 Å². The van der Waals surface area contributed by atoms with Gasteiger partial charge in [-0.25, -0.2) is 0 Å². The summed E-state index contributed by atoms with van der Waals surface area (Å²) in [5.41, 5.74) is 1.57. The second kappa shape index (κ2) is 5.64. The summed E-state index contributed by atoms with van der Waals surface area (Å²) in [6.45, 7) is -0.00409. The van der Waals surface area contributed by atoms with Crippen molar-refractivity contribution >= 4 is 11.6 Å². The van der Waals surface area contributed by atoms with E-state index in [1.165, 1.54) is 0 Å². The molecule has 0 saturated heterocycles. The van der Waals surface area contributed by atoms with E-state index in [9.17, 15) is 4.79 Å². The SMILES string of the molecule is O=C(Nc1cccc(CO)c1)C1CC=CCC1. The maximum atomic E-state index is 12.0. The van der Waals surface area contributed by atoms with Crippen molar-refractivity contribution < 1.29 is 9.90 Å². The third kappa shape index (κ3) is 3.17. The molecule has 0 spiro atoms. The molecule has 1 atom stereocenters. The van der Waals surface area contributed by atoms with Crippen LogP contribution in [0.4, 0.5) is 5.69 Å². The van der Waals surface area contributed by atoms with Crippen LogP contribution in [0.2, 0.25) is 0 Å². The zero-order chi connectivity index (χ0) is 12.1. The van der Waals surface area contributed by atoms with Crippen LogP contribution in [0, 0.1) is 5.92 Å². The molecule has 90 valence electrons. The Bertz CT molecular complexity index is 426. The van der Waals surface area contributed by atoms with Crippen molar-refractivity contribution in [3.63, 3.8) is 0 Å². The second-order valence-electron chi connectivity index (χ2n) is 4.33. The molecular weight excluding hydrogens is 214 g/mol. The van der Waals surface area contributed by atoms with Crippen molar-refractivity contribution in [2.75, 3.05) is 5.32 Å². The molecule has 0 aromatic heterocycles. The lowest BCUT2D eigenvalue weighted by molar-refractivity contribution is -0.120. The molecule has 3 heteroatoms. The second-order valence-corrected chi connectivity index (χ2v) is 4.33. The van der Waals surface area contributed by atoms with Crippen molar-refractivity contribution in [2.45, 2.75) is 25.9 Å². The van der Waals surface area contributed by atoms with E-state index in [4.69, 9.17) is 5.11 Å². The molecule has 0 radical (unpaired) electrons. The lowest BCUT2D eigenvalue weighted by Crippen LogP contribution is -2.23. The Kier molecular flexibility index (Phi) is 3.94. The average molecular weight is 231 g/mol. The number of carbonyl (C=O) groups is 1. The molecule has 0 saturated carbocycles. The molecule has 2 rings (SSSR count). The van der Waals surface area contributed by atoms with Gasteiger partial charge >= 0.3 is 0 Å². The lowest BCUT2D eigenvalue weighted by atomic mass is 9.93. The number of hydrogen-bond donors (Lipinski definition) is 2. The normalized spacial score (nSPS) is 19.0. The molecule has 0 heterocycles. The molecule has 1 unspecified atom stereocenters. The van der Waals surface area contributed by atoms with E-state index in [1.807, 2.05) is 18.2 Å². The molecule has 0 bridgehead atoms. The van der Waals surface area contributed by atoms with Gasteiger partial charge in [-0.15, -0.1) is 0 Å². The standard InChI is InChI=1S/C14H17NO2/c16-10-11-5-4-8-13(9-11)15-14(17)12-6-2-1-3-7-12/h1-2,4-5,8-9,12,16H,3,6-7,10H2,(H,15,17). The smallest absolute Gasteiger partial charge is 0.227 e. The Morgan fingerprint density at radius 3 is 3.00 bits per heavy atom. The van der Waals surface area contributed by atoms with Gasteiger partial charge in [-0.3, -0.25) is 4.79 Å². The number of benzene rings is 1. The van der Waals surface area contributed by atoms with Crippen LogP contribution < -0.4 is 5.32 Å². The third-order valence-electron chi connectivity index (χ3n) is 3.02. The van der Waals surface area contributed by atoms with Gasteiger partial charge in [-0.2, -0.15) is 0 Å². The minimum absolute atomic E-state index is 0.00409. The first-order valence-electron chi connectivity index (χ1n) is 5.95. The molecule has 1 aromatic rings. The highest BCUT2D eigenvalue weighted by atomic mass is 16.3. The largest absolute Gasteiger partial charge is 0.392 e. The minimum atomic E-state index is -0.00409. The summed E-state index contributed by atoms with van der Waals surface area (Å²) in [7, 11) is 0. The monoisotopic (exact) mass is 231 g/mol. The fourth-order valence-electron chi connectivity index (χ4n) is 2.02. The van der Waals surface area contributed by atoms with E-state index in [-0.39, 0.29) is 18.4 Å². The highest BCUT2D eigenvalue weighted by Gasteiger charge is 2.18. The summed E-state index contributed by atoms with van der Waals surface area (Å²) in [6, 6.07) is 7.31. The van der Waals surface area contributed by atoms with Crippen LogP contribution in [0.3, 0.4) is 0 Å². The van der Waals surface area contributed by atoms with E-state index in [1.54, 1.807) is 6.07 Å². The molecule has 2 N–H and O–H groups in total. The van der Waals surface area contributed by atoms with E-state index >= 15 is 0 Å². The quantitative estimate of drug-likeness (QED) is 0.785. The maximum absolute atomic E-state index is 12.0. The van der Waals surface area contributed by atoms with E-state index in [2.05, 4.69) is 17.5 Å². The van der Waals surface area contributed by atoms with Gasteiger partial charge in [0.2, 0.25) is 5.91 Å². The number of aliphatic hydroxyl groups excluding tert-OH is 1. The summed E-state index contributed by atoms with van der Waals surface area (Å²) in [5.74, 6) is 0.155. The molecule has 0 aliphatic heterocycles. The summed E-state index contributed by atoms with van der Waals surface area (Å²) >= 11 is 0. The first-order valence-corrected chi connectivity index (χ1v) is 5.95. The predicted molar refractivity (Wildman–Crippen MR) is 67.5 cm³/mol. The molecular formula is C14H17NO2. The molecule has 17 heavy (non-hydrogen) atoms. The van der Waals surface area contributed by atoms with Gasteiger partial charge in [-0.05, 0) is 37.0 Å². The highest BCUT2D eigenvalue weighted by Crippen LogP contribution is 2.20. The number of nitrogens with one attached hydrogen (secondary N) is 1. The summed E-state index contributed by atoms with van der Waals surface area (Å²) in [6.07, 6.45) is 6.91. The van der Waals surface area contributed by atoms with Crippen LogP contribution in [-0.4, -0.2) is 11.0 Å². The van der Waals surface area contributed by atoms with Gasteiger partial charge in [0.1, 0.15) is 0 Å². The topological polar surface area (TPSA) is 49.3 Å². The Balaban J connectivity index is 1.99. The molecule has 1 aromatic carbocycles. The van der Waals surface area contributed by atoms with Gasteiger partial charge in [0.15, 0.2) is 0 Å². The Morgan fingerprint density at radius 2 is 2.29 bits per heavy atom. The Hall–Kier alpha value is -1.61. The van der Waals surface area contributed by atoms with Crippen LogP contribution in [0.1, 0.15) is 24.8 Å². The highest BCUT2D eigenvalue weighted by molar-refractivity contribution is 5.92. The zero-order valence-corrected chi connectivity index (χ0v) is 9.73. The van der Waals surface area contributed by atoms with Crippen LogP contribution in [0.15, 0.2) is 36.4 Å². The fourth-order valence-corrected chi connectivity index (χ4v) is 2.02. The number of allylic oxidation sites excluding steroid dienone is 2. The van der Waals surface area contributed by atoms with Crippen molar-refractivity contribution in [2.24, 2.45) is 5.92 Å². The van der Waals surface area contributed by atoms with Gasteiger partial charge in [0, 0.05) is 11.6 Å². The van der Waals surface area contributed by atoms with E-state index in [0.717, 1.165) is 30.5 Å². The van der Waals surface area contributed by atoms with Crippen LogP contribution in [-0.2, 0) is 11.4 Å². The van der Waals surface area contributed by atoms with Crippen LogP contribution in [0.5, 0.6) is 0 Å². The van der Waals surface area contributed by atoms with Crippen LogP contribution in [0.25, 0.3) is 0 Å². The summed E-state index contributed by atoms with van der Waals surface area (Å²) in [5, 5.41) is 11.9. The van der Waals surface area contributed by atoms with Crippen molar-refractivity contribution in [1.29, 1.82) is 0 Å². The lowest BCUT2D eigenvalue weighted by Gasteiger charge is -2.17. The average Bonchev–Trinajstić information content (AvgIpc) is 2.40. The zero-order valence-electron chi connectivity index (χ0n) is 9.73. The molecule has 1 amide bonds. The van der Waals surface area contributed by atoms with Gasteiger partial charge in [-0.1, -0.05) is 24.3 Å². The van der Waals surface area contributed by atoms with Gasteiger partial charge in [0.25, 0.3) is 0 Å². The molecule has 1 aliphatic rings. The van der Waals surface area contributed by atoms with Crippen molar-refractivity contribution in [3.05, 3.63) is 42.0 Å². The fraction of sp³-hybridized carbons (Fsp3) is 0.357. The first-order chi connectivity index (χ1) is 8.29. The molecule has 3 nitrogen and oxygen atoms in total. The minimum Gasteiger partial charge on any atom is -0.392 e. The number of anilines is 1. The van der Waals surface area contributed by atoms with E-state index in [0.29, 0.717) is 0 Å². The Morgan fingerprint density at radius 1 is 1.41 bits per heavy atom. The summed E-state index contributed by atoms with van der Waals surface area (Å²) in [4.78, 5) is 12.0. The number of hydrogen-bond acceptors (Lipinski definition) is 2. The number of carbonyl (C=O) groups excluding carboxylic acids is 1. The first kappa shape index (κ1) is 11.9. The predicted octanol–water partition coefficient (Wildman–Crippen LogP) is 2.47. The van der Waals surface area contributed by atoms with Crippen molar-refractivity contribution in [1.82, 2.24) is 0 Å². The third-order valence-corrected chi connectivity index (χ3v) is 3.02. The number of amides is 1. The number of rotatable bonds is 3. The Labute approximate surface area is 101 Å². The van der Waals surface area contributed by atoms with Gasteiger partial charge < -0.3 is 10.4 Å². The molecule has 0 fully saturated rings. The maximum Gasteiger partial charge on any atom is 0.227 e. The summed E-state index contributed by atoms with van der Waals surface area (Å²) < 4.78 is 0. The number of aliphatic hydroxyl groups is 1. The van der Waals surface area contributed by atoms with Gasteiger partial charge in [0.05, 0.1) is 6.61 Å². The molecule has 1 aliphatic carbocycles.